The SMILES string of the molecule is CCCN(C)c1ccncc1CNC1CC1. The van der Waals surface area contributed by atoms with Crippen LogP contribution in [0.15, 0.2) is 18.5 Å². The molecule has 1 saturated carbocycles. The highest BCUT2D eigenvalue weighted by molar-refractivity contribution is 5.51. The Balaban J connectivity index is 2.02. The summed E-state index contributed by atoms with van der Waals surface area (Å²) in [7, 11) is 2.15. The second kappa shape index (κ2) is 5.30. The van der Waals surface area contributed by atoms with Gasteiger partial charge in [0.25, 0.3) is 0 Å². The molecule has 1 heterocycles. The third-order valence-electron chi connectivity index (χ3n) is 3.01. The van der Waals surface area contributed by atoms with E-state index in [1.165, 1.54) is 30.5 Å². The molecule has 1 aliphatic rings. The fraction of sp³-hybridized carbons (Fsp3) is 0.615. The van der Waals surface area contributed by atoms with Gasteiger partial charge in [-0.1, -0.05) is 6.92 Å². The minimum absolute atomic E-state index is 0.754. The standard InChI is InChI=1S/C13H21N3/c1-3-8-16(2)13-6-7-14-9-11(13)10-15-12-4-5-12/h6-7,9,12,15H,3-5,8,10H2,1-2H3. The van der Waals surface area contributed by atoms with Crippen molar-refractivity contribution in [3.05, 3.63) is 24.0 Å². The van der Waals surface area contributed by atoms with Gasteiger partial charge in [0.05, 0.1) is 0 Å². The van der Waals surface area contributed by atoms with E-state index in [4.69, 9.17) is 0 Å². The summed E-state index contributed by atoms with van der Waals surface area (Å²) in [5, 5.41) is 3.54. The van der Waals surface area contributed by atoms with E-state index in [2.05, 4.69) is 35.2 Å². The lowest BCUT2D eigenvalue weighted by Crippen LogP contribution is -2.22. The zero-order chi connectivity index (χ0) is 11.4. The zero-order valence-electron chi connectivity index (χ0n) is 10.2. The van der Waals surface area contributed by atoms with Crippen molar-refractivity contribution < 1.29 is 0 Å². The minimum atomic E-state index is 0.754. The first kappa shape index (κ1) is 11.4. The van der Waals surface area contributed by atoms with Crippen LogP contribution in [0.4, 0.5) is 5.69 Å². The van der Waals surface area contributed by atoms with E-state index >= 15 is 0 Å². The fourth-order valence-corrected chi connectivity index (χ4v) is 1.93. The Labute approximate surface area is 97.9 Å². The maximum Gasteiger partial charge on any atom is 0.0440 e. The second-order valence-corrected chi connectivity index (χ2v) is 4.58. The molecule has 0 spiro atoms. The first-order valence-electron chi connectivity index (χ1n) is 6.18. The minimum Gasteiger partial charge on any atom is -0.374 e. The molecule has 0 amide bonds. The molecule has 0 saturated heterocycles. The van der Waals surface area contributed by atoms with Crippen molar-refractivity contribution in [1.29, 1.82) is 0 Å². The van der Waals surface area contributed by atoms with Crippen molar-refractivity contribution in [2.45, 2.75) is 38.8 Å². The molecule has 0 unspecified atom stereocenters. The largest absolute Gasteiger partial charge is 0.374 e. The van der Waals surface area contributed by atoms with Crippen LogP contribution in [0.25, 0.3) is 0 Å². The molecule has 2 rings (SSSR count). The summed E-state index contributed by atoms with van der Waals surface area (Å²) in [5.74, 6) is 0. The Bertz CT molecular complexity index is 334. The highest BCUT2D eigenvalue weighted by Crippen LogP contribution is 2.22. The maximum atomic E-state index is 4.22. The predicted molar refractivity (Wildman–Crippen MR) is 67.7 cm³/mol. The first-order valence-corrected chi connectivity index (χ1v) is 6.18. The lowest BCUT2D eigenvalue weighted by Gasteiger charge is -2.21. The molecule has 0 aliphatic heterocycles. The highest BCUT2D eigenvalue weighted by atomic mass is 15.1. The summed E-state index contributed by atoms with van der Waals surface area (Å²) in [5.41, 5.74) is 2.62. The molecule has 1 aromatic rings. The number of rotatable bonds is 6. The molecule has 1 aliphatic carbocycles. The average Bonchev–Trinajstić information content (AvgIpc) is 3.11. The van der Waals surface area contributed by atoms with Gasteiger partial charge < -0.3 is 10.2 Å². The molecule has 0 bridgehead atoms. The number of aromatic nitrogens is 1. The zero-order valence-corrected chi connectivity index (χ0v) is 10.2. The fourth-order valence-electron chi connectivity index (χ4n) is 1.93. The molecule has 3 heteroatoms. The summed E-state index contributed by atoms with van der Waals surface area (Å²) in [6, 6.07) is 2.86. The Morgan fingerprint density at radius 3 is 3.00 bits per heavy atom. The van der Waals surface area contributed by atoms with Crippen LogP contribution in [-0.4, -0.2) is 24.6 Å². The van der Waals surface area contributed by atoms with Gasteiger partial charge in [0.1, 0.15) is 0 Å². The van der Waals surface area contributed by atoms with Gasteiger partial charge in [-0.25, -0.2) is 0 Å². The Hall–Kier alpha value is -1.09. The van der Waals surface area contributed by atoms with Crippen LogP contribution in [-0.2, 0) is 6.54 Å². The molecule has 88 valence electrons. The van der Waals surface area contributed by atoms with Gasteiger partial charge in [-0.05, 0) is 25.3 Å². The molecule has 1 aromatic heterocycles. The van der Waals surface area contributed by atoms with Gasteiger partial charge in [0.15, 0.2) is 0 Å². The van der Waals surface area contributed by atoms with Gasteiger partial charge in [0.2, 0.25) is 0 Å². The van der Waals surface area contributed by atoms with Crippen LogP contribution in [0, 0.1) is 0 Å². The lowest BCUT2D eigenvalue weighted by molar-refractivity contribution is 0.683. The highest BCUT2D eigenvalue weighted by Gasteiger charge is 2.20. The van der Waals surface area contributed by atoms with Crippen molar-refractivity contribution in [2.24, 2.45) is 0 Å². The van der Waals surface area contributed by atoms with E-state index in [0.29, 0.717) is 0 Å². The van der Waals surface area contributed by atoms with Crippen LogP contribution < -0.4 is 10.2 Å². The van der Waals surface area contributed by atoms with Crippen molar-refractivity contribution >= 4 is 5.69 Å². The third kappa shape index (κ3) is 2.95. The van der Waals surface area contributed by atoms with Gasteiger partial charge in [-0.3, -0.25) is 4.98 Å². The topological polar surface area (TPSA) is 28.2 Å². The summed E-state index contributed by atoms with van der Waals surface area (Å²) in [6.07, 6.45) is 7.70. The van der Waals surface area contributed by atoms with Crippen LogP contribution >= 0.6 is 0 Å². The van der Waals surface area contributed by atoms with Gasteiger partial charge in [0, 0.05) is 49.8 Å². The lowest BCUT2D eigenvalue weighted by atomic mass is 10.2. The smallest absolute Gasteiger partial charge is 0.0440 e. The van der Waals surface area contributed by atoms with E-state index in [1.807, 2.05) is 12.4 Å². The van der Waals surface area contributed by atoms with Crippen molar-refractivity contribution in [3.63, 3.8) is 0 Å². The van der Waals surface area contributed by atoms with Gasteiger partial charge in [-0.15, -0.1) is 0 Å². The van der Waals surface area contributed by atoms with Crippen LogP contribution in [0.1, 0.15) is 31.7 Å². The number of pyridine rings is 1. The number of hydrogen-bond acceptors (Lipinski definition) is 3. The van der Waals surface area contributed by atoms with E-state index in [0.717, 1.165) is 19.1 Å². The van der Waals surface area contributed by atoms with Crippen LogP contribution in [0.3, 0.4) is 0 Å². The summed E-state index contributed by atoms with van der Waals surface area (Å²) >= 11 is 0. The number of hydrogen-bond donors (Lipinski definition) is 1. The van der Waals surface area contributed by atoms with Crippen molar-refractivity contribution in [3.8, 4) is 0 Å². The Morgan fingerprint density at radius 1 is 1.50 bits per heavy atom. The van der Waals surface area contributed by atoms with Gasteiger partial charge >= 0.3 is 0 Å². The Kier molecular flexibility index (Phi) is 3.78. The Morgan fingerprint density at radius 2 is 2.31 bits per heavy atom. The van der Waals surface area contributed by atoms with E-state index in [1.54, 1.807) is 0 Å². The summed E-state index contributed by atoms with van der Waals surface area (Å²) in [4.78, 5) is 6.53. The molecule has 3 nitrogen and oxygen atoms in total. The maximum absolute atomic E-state index is 4.22. The number of nitrogens with zero attached hydrogens (tertiary/aromatic N) is 2. The molecule has 0 radical (unpaired) electrons. The molecule has 1 fully saturated rings. The quantitative estimate of drug-likeness (QED) is 0.795. The molecule has 1 N–H and O–H groups in total. The van der Waals surface area contributed by atoms with Crippen molar-refractivity contribution in [2.75, 3.05) is 18.5 Å². The molecule has 0 aromatic carbocycles. The number of anilines is 1. The monoisotopic (exact) mass is 219 g/mol. The number of nitrogens with one attached hydrogen (secondary N) is 1. The molecular weight excluding hydrogens is 198 g/mol. The van der Waals surface area contributed by atoms with E-state index in [-0.39, 0.29) is 0 Å². The summed E-state index contributed by atoms with van der Waals surface area (Å²) in [6.45, 7) is 4.25. The third-order valence-corrected chi connectivity index (χ3v) is 3.01. The molecule has 0 atom stereocenters. The molecular formula is C13H21N3. The van der Waals surface area contributed by atoms with Gasteiger partial charge in [-0.2, -0.15) is 0 Å². The first-order chi connectivity index (χ1) is 7.81. The average molecular weight is 219 g/mol. The second-order valence-electron chi connectivity index (χ2n) is 4.58. The van der Waals surface area contributed by atoms with Crippen LogP contribution in [0.5, 0.6) is 0 Å². The molecule has 16 heavy (non-hydrogen) atoms. The predicted octanol–water partition coefficient (Wildman–Crippen LogP) is 2.18. The van der Waals surface area contributed by atoms with Crippen LogP contribution in [0.2, 0.25) is 0 Å². The van der Waals surface area contributed by atoms with Crippen molar-refractivity contribution in [1.82, 2.24) is 10.3 Å². The van der Waals surface area contributed by atoms with E-state index < -0.39 is 0 Å². The normalized spacial score (nSPS) is 15.1. The summed E-state index contributed by atoms with van der Waals surface area (Å²) < 4.78 is 0. The van der Waals surface area contributed by atoms with E-state index in [9.17, 15) is 0 Å².